The van der Waals surface area contributed by atoms with Crippen LogP contribution in [0.4, 0.5) is 0 Å². The first kappa shape index (κ1) is 14.5. The van der Waals surface area contributed by atoms with Crippen molar-refractivity contribution in [2.75, 3.05) is 7.11 Å². The van der Waals surface area contributed by atoms with E-state index in [0.29, 0.717) is 0 Å². The summed E-state index contributed by atoms with van der Waals surface area (Å²) in [4.78, 5) is 4.48. The Morgan fingerprint density at radius 3 is 2.89 bits per heavy atom. The highest BCUT2D eigenvalue weighted by molar-refractivity contribution is 9.10. The van der Waals surface area contributed by atoms with Crippen LogP contribution in [0.15, 0.2) is 28.1 Å². The normalized spacial score (nSPS) is 12.4. The van der Waals surface area contributed by atoms with Crippen molar-refractivity contribution in [1.82, 2.24) is 10.4 Å². The number of aryl methyl sites for hydroxylation is 1. The molecular weight excluding hydrogens is 326 g/mol. The van der Waals surface area contributed by atoms with Crippen molar-refractivity contribution in [3.63, 3.8) is 0 Å². The molecule has 4 nitrogen and oxygen atoms in total. The minimum atomic E-state index is -0.0202. The third-order valence-electron chi connectivity index (χ3n) is 2.86. The van der Waals surface area contributed by atoms with Gasteiger partial charge >= 0.3 is 0 Å². The molecule has 1 atom stereocenters. The number of hydrazine groups is 1. The highest BCUT2D eigenvalue weighted by Crippen LogP contribution is 2.28. The summed E-state index contributed by atoms with van der Waals surface area (Å²) in [5.74, 6) is 6.51. The standard InChI is InChI=1S/C13H16BrN3OS/c1-8-16-12(7-19-8)11(17-15)6-9-5-10(14)3-4-13(9)18-2/h3-5,7,11,17H,6,15H2,1-2H3. The molecule has 1 heterocycles. The maximum atomic E-state index is 5.65. The second kappa shape index (κ2) is 6.47. The van der Waals surface area contributed by atoms with Gasteiger partial charge in [-0.15, -0.1) is 11.3 Å². The Kier molecular flexibility index (Phi) is 4.93. The lowest BCUT2D eigenvalue weighted by molar-refractivity contribution is 0.405. The number of nitrogens with one attached hydrogen (secondary N) is 1. The van der Waals surface area contributed by atoms with Gasteiger partial charge in [-0.3, -0.25) is 11.3 Å². The Morgan fingerprint density at radius 1 is 1.53 bits per heavy atom. The van der Waals surface area contributed by atoms with Crippen LogP contribution in [0.1, 0.15) is 22.3 Å². The van der Waals surface area contributed by atoms with Crippen LogP contribution < -0.4 is 16.0 Å². The molecule has 0 spiro atoms. The summed E-state index contributed by atoms with van der Waals surface area (Å²) < 4.78 is 6.40. The van der Waals surface area contributed by atoms with Crippen LogP contribution in [-0.4, -0.2) is 12.1 Å². The van der Waals surface area contributed by atoms with Crippen LogP contribution in [0, 0.1) is 6.92 Å². The number of hydrogen-bond acceptors (Lipinski definition) is 5. The summed E-state index contributed by atoms with van der Waals surface area (Å²) in [7, 11) is 1.67. The third kappa shape index (κ3) is 3.54. The zero-order valence-electron chi connectivity index (χ0n) is 10.8. The number of rotatable bonds is 5. The first-order chi connectivity index (χ1) is 9.13. The molecule has 1 aromatic carbocycles. The number of halogens is 1. The van der Waals surface area contributed by atoms with Crippen molar-refractivity contribution in [2.24, 2.45) is 5.84 Å². The van der Waals surface area contributed by atoms with Gasteiger partial charge < -0.3 is 4.74 Å². The van der Waals surface area contributed by atoms with E-state index in [2.05, 4.69) is 26.3 Å². The maximum Gasteiger partial charge on any atom is 0.122 e. The van der Waals surface area contributed by atoms with E-state index >= 15 is 0 Å². The zero-order valence-corrected chi connectivity index (χ0v) is 13.2. The molecule has 1 aromatic heterocycles. The fraction of sp³-hybridized carbons (Fsp3) is 0.308. The molecule has 0 bridgehead atoms. The van der Waals surface area contributed by atoms with E-state index in [9.17, 15) is 0 Å². The molecule has 0 fully saturated rings. The van der Waals surface area contributed by atoms with Gasteiger partial charge in [0.15, 0.2) is 0 Å². The third-order valence-corrected chi connectivity index (χ3v) is 4.15. The van der Waals surface area contributed by atoms with Gasteiger partial charge in [0.2, 0.25) is 0 Å². The minimum absolute atomic E-state index is 0.0202. The second-order valence-corrected chi connectivity index (χ2v) is 6.15. The van der Waals surface area contributed by atoms with Gasteiger partial charge in [-0.25, -0.2) is 4.98 Å². The molecular formula is C13H16BrN3OS. The molecule has 19 heavy (non-hydrogen) atoms. The van der Waals surface area contributed by atoms with Gasteiger partial charge in [0.25, 0.3) is 0 Å². The molecule has 2 aromatic rings. The van der Waals surface area contributed by atoms with Gasteiger partial charge in [-0.2, -0.15) is 0 Å². The lowest BCUT2D eigenvalue weighted by atomic mass is 10.0. The number of aromatic nitrogens is 1. The predicted octanol–water partition coefficient (Wildman–Crippen LogP) is 2.97. The number of ether oxygens (including phenoxy) is 1. The van der Waals surface area contributed by atoms with Crippen molar-refractivity contribution >= 4 is 27.3 Å². The van der Waals surface area contributed by atoms with Crippen LogP contribution in [0.3, 0.4) is 0 Å². The van der Waals surface area contributed by atoms with Gasteiger partial charge in [-0.1, -0.05) is 15.9 Å². The van der Waals surface area contributed by atoms with Crippen LogP contribution in [0.25, 0.3) is 0 Å². The van der Waals surface area contributed by atoms with Crippen molar-refractivity contribution < 1.29 is 4.74 Å². The average molecular weight is 342 g/mol. The molecule has 6 heteroatoms. The Morgan fingerprint density at radius 2 is 2.32 bits per heavy atom. The van der Waals surface area contributed by atoms with Crippen LogP contribution in [-0.2, 0) is 6.42 Å². The van der Waals surface area contributed by atoms with Gasteiger partial charge in [-0.05, 0) is 37.1 Å². The first-order valence-corrected chi connectivity index (χ1v) is 7.52. The lowest BCUT2D eigenvalue weighted by Crippen LogP contribution is -2.30. The van der Waals surface area contributed by atoms with Crippen molar-refractivity contribution in [3.8, 4) is 5.75 Å². The molecule has 0 radical (unpaired) electrons. The summed E-state index contributed by atoms with van der Waals surface area (Å²) >= 11 is 5.10. The van der Waals surface area contributed by atoms with E-state index in [1.807, 2.05) is 30.5 Å². The fourth-order valence-electron chi connectivity index (χ4n) is 1.92. The summed E-state index contributed by atoms with van der Waals surface area (Å²) in [6.45, 7) is 1.99. The highest BCUT2D eigenvalue weighted by Gasteiger charge is 2.16. The fourth-order valence-corrected chi connectivity index (χ4v) is 2.99. The molecule has 1 unspecified atom stereocenters. The van der Waals surface area contributed by atoms with Gasteiger partial charge in [0.1, 0.15) is 5.75 Å². The summed E-state index contributed by atoms with van der Waals surface area (Å²) in [5.41, 5.74) is 4.88. The number of methoxy groups -OCH3 is 1. The molecule has 2 rings (SSSR count). The molecule has 0 aliphatic carbocycles. The van der Waals surface area contributed by atoms with E-state index in [1.54, 1.807) is 18.4 Å². The quantitative estimate of drug-likeness (QED) is 0.648. The van der Waals surface area contributed by atoms with E-state index in [4.69, 9.17) is 10.6 Å². The van der Waals surface area contributed by atoms with Crippen molar-refractivity contribution in [1.29, 1.82) is 0 Å². The topological polar surface area (TPSA) is 60.2 Å². The van der Waals surface area contributed by atoms with E-state index in [0.717, 1.165) is 32.9 Å². The van der Waals surface area contributed by atoms with Crippen molar-refractivity contribution in [2.45, 2.75) is 19.4 Å². The maximum absolute atomic E-state index is 5.65. The van der Waals surface area contributed by atoms with E-state index in [-0.39, 0.29) is 6.04 Å². The number of hydrogen-bond donors (Lipinski definition) is 2. The highest BCUT2D eigenvalue weighted by atomic mass is 79.9. The number of thiazole rings is 1. The van der Waals surface area contributed by atoms with Gasteiger partial charge in [0.05, 0.1) is 23.9 Å². The second-order valence-electron chi connectivity index (χ2n) is 4.17. The Labute approximate surface area is 125 Å². The molecule has 0 saturated carbocycles. The van der Waals surface area contributed by atoms with Crippen molar-refractivity contribution in [3.05, 3.63) is 44.3 Å². The number of nitrogens with zero attached hydrogens (tertiary/aromatic N) is 1. The Hall–Kier alpha value is -0.950. The predicted molar refractivity (Wildman–Crippen MR) is 81.3 cm³/mol. The Balaban J connectivity index is 2.25. The summed E-state index contributed by atoms with van der Waals surface area (Å²) in [5, 5.41) is 3.07. The van der Waals surface area contributed by atoms with E-state index < -0.39 is 0 Å². The average Bonchev–Trinajstić information content (AvgIpc) is 2.82. The molecule has 0 aliphatic rings. The molecule has 0 aliphatic heterocycles. The van der Waals surface area contributed by atoms with Crippen LogP contribution >= 0.6 is 27.3 Å². The number of benzene rings is 1. The largest absolute Gasteiger partial charge is 0.496 e. The molecule has 0 amide bonds. The SMILES string of the molecule is COc1ccc(Br)cc1CC(NN)c1csc(C)n1. The monoisotopic (exact) mass is 341 g/mol. The Bertz CT molecular complexity index is 559. The lowest BCUT2D eigenvalue weighted by Gasteiger charge is -2.16. The molecule has 3 N–H and O–H groups in total. The number of nitrogens with two attached hydrogens (primary N) is 1. The van der Waals surface area contributed by atoms with Crippen LogP contribution in [0.2, 0.25) is 0 Å². The first-order valence-electron chi connectivity index (χ1n) is 5.84. The summed E-state index contributed by atoms with van der Waals surface area (Å²) in [6, 6.07) is 5.93. The van der Waals surface area contributed by atoms with E-state index in [1.165, 1.54) is 0 Å². The molecule has 102 valence electrons. The summed E-state index contributed by atoms with van der Waals surface area (Å²) in [6.07, 6.45) is 0.724. The smallest absolute Gasteiger partial charge is 0.122 e. The molecule has 0 saturated heterocycles. The van der Waals surface area contributed by atoms with Gasteiger partial charge in [0, 0.05) is 9.85 Å². The minimum Gasteiger partial charge on any atom is -0.496 e. The van der Waals surface area contributed by atoms with Crippen LogP contribution in [0.5, 0.6) is 5.75 Å². The zero-order chi connectivity index (χ0) is 13.8.